The number of fused-ring (bicyclic) bond motifs is 3. The SMILES string of the molecule is O=C(Cc1cc(F)c(F)cc1F)N[C@H]1CCCc2c1[nH]c1c(Cl)cccc21. The molecule has 0 radical (unpaired) electrons. The third kappa shape index (κ3) is 3.30. The van der Waals surface area contributed by atoms with E-state index in [1.807, 2.05) is 12.1 Å². The molecule has 2 aromatic carbocycles. The molecule has 1 aliphatic rings. The number of para-hydroxylation sites is 1. The van der Waals surface area contributed by atoms with Crippen LogP contribution in [0.15, 0.2) is 30.3 Å². The van der Waals surface area contributed by atoms with Gasteiger partial charge in [0, 0.05) is 22.7 Å². The van der Waals surface area contributed by atoms with Crippen LogP contribution in [0.3, 0.4) is 0 Å². The van der Waals surface area contributed by atoms with Crippen molar-refractivity contribution in [2.75, 3.05) is 0 Å². The van der Waals surface area contributed by atoms with Gasteiger partial charge in [-0.1, -0.05) is 23.7 Å². The van der Waals surface area contributed by atoms with Crippen LogP contribution in [-0.4, -0.2) is 10.9 Å². The van der Waals surface area contributed by atoms with Crippen LogP contribution in [0.1, 0.15) is 35.7 Å². The number of aromatic amines is 1. The normalized spacial score (nSPS) is 16.4. The van der Waals surface area contributed by atoms with E-state index in [9.17, 15) is 18.0 Å². The second-order valence-corrected chi connectivity index (χ2v) is 7.13. The zero-order valence-electron chi connectivity index (χ0n) is 14.2. The molecule has 3 nitrogen and oxygen atoms in total. The highest BCUT2D eigenvalue weighted by Crippen LogP contribution is 2.37. The highest BCUT2D eigenvalue weighted by atomic mass is 35.5. The summed E-state index contributed by atoms with van der Waals surface area (Å²) in [7, 11) is 0. The molecule has 1 heterocycles. The van der Waals surface area contributed by atoms with Crippen LogP contribution in [0.2, 0.25) is 5.02 Å². The summed E-state index contributed by atoms with van der Waals surface area (Å²) < 4.78 is 40.2. The molecule has 0 unspecified atom stereocenters. The van der Waals surface area contributed by atoms with E-state index in [1.165, 1.54) is 0 Å². The molecule has 0 aliphatic heterocycles. The minimum atomic E-state index is -1.27. The second-order valence-electron chi connectivity index (χ2n) is 6.73. The number of amides is 1. The zero-order valence-corrected chi connectivity index (χ0v) is 15.0. The van der Waals surface area contributed by atoms with Crippen LogP contribution in [-0.2, 0) is 17.6 Å². The number of benzene rings is 2. The highest BCUT2D eigenvalue weighted by molar-refractivity contribution is 6.35. The number of carbonyl (C=O) groups is 1. The predicted octanol–water partition coefficient (Wildman–Crippen LogP) is 4.97. The number of carbonyl (C=O) groups excluding carboxylic acids is 1. The van der Waals surface area contributed by atoms with Gasteiger partial charge in [0.25, 0.3) is 0 Å². The topological polar surface area (TPSA) is 44.9 Å². The maximum atomic E-state index is 13.8. The Hall–Kier alpha value is -2.47. The Morgan fingerprint density at radius 2 is 1.96 bits per heavy atom. The number of aryl methyl sites for hydroxylation is 1. The summed E-state index contributed by atoms with van der Waals surface area (Å²) in [5, 5.41) is 4.51. The van der Waals surface area contributed by atoms with Gasteiger partial charge in [0.05, 0.1) is 23.0 Å². The summed E-state index contributed by atoms with van der Waals surface area (Å²) >= 11 is 6.26. The fraction of sp³-hybridized carbons (Fsp3) is 0.250. The van der Waals surface area contributed by atoms with Gasteiger partial charge in [0.1, 0.15) is 5.82 Å². The monoisotopic (exact) mass is 392 g/mol. The Kier molecular flexibility index (Phi) is 4.60. The summed E-state index contributed by atoms with van der Waals surface area (Å²) in [5.41, 5.74) is 2.66. The average molecular weight is 393 g/mol. The standard InChI is InChI=1S/C20H16ClF3N2O/c21-13-5-1-3-11-12-4-2-6-17(20(12)26-19(11)13)25-18(27)8-10-7-15(23)16(24)9-14(10)22/h1,3,5,7,9,17,26H,2,4,6,8H2,(H,25,27)/t17-/m0/s1. The van der Waals surface area contributed by atoms with Gasteiger partial charge in [0.15, 0.2) is 11.6 Å². The predicted molar refractivity (Wildman–Crippen MR) is 97.2 cm³/mol. The minimum Gasteiger partial charge on any atom is -0.355 e. The molecule has 0 bridgehead atoms. The summed E-state index contributed by atoms with van der Waals surface area (Å²) in [6.45, 7) is 0. The molecule has 0 saturated carbocycles. The van der Waals surface area contributed by atoms with Crippen LogP contribution < -0.4 is 5.32 Å². The van der Waals surface area contributed by atoms with Gasteiger partial charge in [-0.2, -0.15) is 0 Å². The fourth-order valence-corrected chi connectivity index (χ4v) is 3.94. The molecule has 1 aliphatic carbocycles. The maximum Gasteiger partial charge on any atom is 0.225 e. The first-order chi connectivity index (χ1) is 12.9. The summed E-state index contributed by atoms with van der Waals surface area (Å²) in [6.07, 6.45) is 2.12. The first-order valence-corrected chi connectivity index (χ1v) is 9.03. The minimum absolute atomic E-state index is 0.179. The Labute approximate surface area is 158 Å². The molecule has 0 spiro atoms. The molecule has 0 fully saturated rings. The zero-order chi connectivity index (χ0) is 19.1. The van der Waals surface area contributed by atoms with Crippen molar-refractivity contribution in [3.05, 3.63) is 69.6 Å². The molecule has 1 aromatic heterocycles. The Morgan fingerprint density at radius 3 is 2.78 bits per heavy atom. The molecule has 4 rings (SSSR count). The van der Waals surface area contributed by atoms with Gasteiger partial charge in [0.2, 0.25) is 5.91 Å². The number of nitrogens with one attached hydrogen (secondary N) is 2. The van der Waals surface area contributed by atoms with Crippen LogP contribution in [0.25, 0.3) is 10.9 Å². The number of aromatic nitrogens is 1. The second kappa shape index (κ2) is 6.93. The van der Waals surface area contributed by atoms with Crippen LogP contribution in [0.5, 0.6) is 0 Å². The number of halogens is 4. The summed E-state index contributed by atoms with van der Waals surface area (Å²) in [5.74, 6) is -3.85. The van der Waals surface area contributed by atoms with E-state index in [1.54, 1.807) is 6.07 Å². The first kappa shape index (κ1) is 17.9. The highest BCUT2D eigenvalue weighted by Gasteiger charge is 2.26. The van der Waals surface area contributed by atoms with Crippen molar-refractivity contribution in [1.82, 2.24) is 10.3 Å². The molecule has 1 atom stereocenters. The average Bonchev–Trinajstić information content (AvgIpc) is 3.01. The van der Waals surface area contributed by atoms with Gasteiger partial charge >= 0.3 is 0 Å². The van der Waals surface area contributed by atoms with Crippen molar-refractivity contribution in [2.45, 2.75) is 31.7 Å². The van der Waals surface area contributed by atoms with Crippen molar-refractivity contribution in [2.24, 2.45) is 0 Å². The van der Waals surface area contributed by atoms with Gasteiger partial charge in [-0.25, -0.2) is 13.2 Å². The van der Waals surface area contributed by atoms with Crippen molar-refractivity contribution < 1.29 is 18.0 Å². The quantitative estimate of drug-likeness (QED) is 0.607. The lowest BCUT2D eigenvalue weighted by atomic mass is 9.91. The molecule has 140 valence electrons. The molecule has 0 saturated heterocycles. The molecular weight excluding hydrogens is 377 g/mol. The number of hydrogen-bond donors (Lipinski definition) is 2. The number of rotatable bonds is 3. The van der Waals surface area contributed by atoms with Gasteiger partial charge in [-0.15, -0.1) is 0 Å². The van der Waals surface area contributed by atoms with E-state index < -0.39 is 23.4 Å². The lowest BCUT2D eigenvalue weighted by Gasteiger charge is -2.24. The molecule has 2 N–H and O–H groups in total. The van der Waals surface area contributed by atoms with Crippen molar-refractivity contribution in [3.8, 4) is 0 Å². The molecule has 7 heteroatoms. The molecule has 27 heavy (non-hydrogen) atoms. The van der Waals surface area contributed by atoms with Gasteiger partial charge < -0.3 is 10.3 Å². The third-order valence-electron chi connectivity index (χ3n) is 4.97. The van der Waals surface area contributed by atoms with Gasteiger partial charge in [-0.3, -0.25) is 4.79 Å². The Balaban J connectivity index is 1.58. The fourth-order valence-electron chi connectivity index (χ4n) is 3.71. The third-order valence-corrected chi connectivity index (χ3v) is 5.28. The Morgan fingerprint density at radius 1 is 1.19 bits per heavy atom. The Bertz CT molecular complexity index is 1050. The van der Waals surface area contributed by atoms with Crippen LogP contribution in [0.4, 0.5) is 13.2 Å². The first-order valence-electron chi connectivity index (χ1n) is 8.66. The van der Waals surface area contributed by atoms with Gasteiger partial charge in [-0.05, 0) is 37.0 Å². The van der Waals surface area contributed by atoms with Crippen LogP contribution >= 0.6 is 11.6 Å². The van der Waals surface area contributed by atoms with Crippen molar-refractivity contribution in [3.63, 3.8) is 0 Å². The van der Waals surface area contributed by atoms with E-state index in [0.29, 0.717) is 11.1 Å². The largest absolute Gasteiger partial charge is 0.355 e. The lowest BCUT2D eigenvalue weighted by molar-refractivity contribution is -0.121. The van der Waals surface area contributed by atoms with E-state index >= 15 is 0 Å². The van der Waals surface area contributed by atoms with Crippen molar-refractivity contribution >= 4 is 28.4 Å². The summed E-state index contributed by atoms with van der Waals surface area (Å²) in [6, 6.07) is 6.57. The van der Waals surface area contributed by atoms with E-state index in [0.717, 1.165) is 47.5 Å². The maximum absolute atomic E-state index is 13.8. The van der Waals surface area contributed by atoms with Crippen LogP contribution in [0, 0.1) is 17.5 Å². The smallest absolute Gasteiger partial charge is 0.225 e. The lowest BCUT2D eigenvalue weighted by Crippen LogP contribution is -2.32. The molecular formula is C20H16ClF3N2O. The van der Waals surface area contributed by atoms with E-state index in [2.05, 4.69) is 10.3 Å². The molecule has 1 amide bonds. The number of H-pyrrole nitrogens is 1. The van der Waals surface area contributed by atoms with Crippen molar-refractivity contribution in [1.29, 1.82) is 0 Å². The number of hydrogen-bond acceptors (Lipinski definition) is 1. The summed E-state index contributed by atoms with van der Waals surface area (Å²) in [4.78, 5) is 15.7. The van der Waals surface area contributed by atoms with E-state index in [-0.39, 0.29) is 18.0 Å². The van der Waals surface area contributed by atoms with E-state index in [4.69, 9.17) is 11.6 Å². The molecule has 3 aromatic rings.